The molecule has 0 bridgehead atoms. The maximum absolute atomic E-state index is 3.00. The van der Waals surface area contributed by atoms with Crippen molar-refractivity contribution in [1.82, 2.24) is 0 Å². The van der Waals surface area contributed by atoms with E-state index in [9.17, 15) is 0 Å². The van der Waals surface area contributed by atoms with E-state index >= 15 is 0 Å². The van der Waals surface area contributed by atoms with Crippen LogP contribution in [-0.2, 0) is 0 Å². The van der Waals surface area contributed by atoms with Crippen LogP contribution in [0.4, 0.5) is 0 Å². The Hall–Kier alpha value is 0.137. The van der Waals surface area contributed by atoms with E-state index in [0.29, 0.717) is 0 Å². The van der Waals surface area contributed by atoms with E-state index in [0.717, 1.165) is 0 Å². The first-order chi connectivity index (χ1) is 1.41. The molecule has 4 heavy (non-hydrogen) atoms. The second kappa shape index (κ2) is 11.1. The van der Waals surface area contributed by atoms with Gasteiger partial charge in [0, 0.05) is 0 Å². The van der Waals surface area contributed by atoms with Gasteiger partial charge >= 0.3 is 18.9 Å². The standard InChI is InChI=1S/C2H4N.Li/c1-3-2;/h1-2H2;/q-1;+1. The predicted octanol–water partition coefficient (Wildman–Crippen LogP) is -2.52. The Morgan fingerprint density at radius 2 is 1.75 bits per heavy atom. The van der Waals surface area contributed by atoms with Crippen molar-refractivity contribution >= 4 is 6.72 Å². The Bertz CT molecular complexity index is 13.5. The molecule has 0 amide bonds. The molecule has 0 aliphatic heterocycles. The summed E-state index contributed by atoms with van der Waals surface area (Å²) >= 11 is 0. The topological polar surface area (TPSA) is 12.4 Å². The van der Waals surface area contributed by atoms with Gasteiger partial charge in [-0.05, 0) is 0 Å². The minimum atomic E-state index is 0. The molecular weight excluding hydrogens is 45.0 g/mol. The molecule has 0 fully saturated rings. The van der Waals surface area contributed by atoms with E-state index in [1.165, 1.54) is 0 Å². The molecule has 0 saturated carbocycles. The molecule has 0 aromatic carbocycles. The van der Waals surface area contributed by atoms with Gasteiger partial charge in [0.15, 0.2) is 0 Å². The van der Waals surface area contributed by atoms with Crippen molar-refractivity contribution in [3.63, 3.8) is 0 Å². The summed E-state index contributed by atoms with van der Waals surface area (Å²) < 4.78 is 0. The van der Waals surface area contributed by atoms with E-state index in [1.54, 1.807) is 0 Å². The van der Waals surface area contributed by atoms with E-state index < -0.39 is 0 Å². The summed E-state index contributed by atoms with van der Waals surface area (Å²) in [5.41, 5.74) is 0. The van der Waals surface area contributed by atoms with Crippen molar-refractivity contribution in [2.75, 3.05) is 0 Å². The molecule has 0 unspecified atom stereocenters. The van der Waals surface area contributed by atoms with Crippen molar-refractivity contribution < 1.29 is 18.9 Å². The largest absolute Gasteiger partial charge is 1.00 e. The third kappa shape index (κ3) is 146. The van der Waals surface area contributed by atoms with Crippen LogP contribution in [0.5, 0.6) is 0 Å². The van der Waals surface area contributed by atoms with Gasteiger partial charge in [-0.25, -0.2) is 0 Å². The molecular formula is C2H4LiN. The summed E-state index contributed by atoms with van der Waals surface area (Å²) in [7, 11) is 3.00. The molecule has 0 aliphatic rings. The van der Waals surface area contributed by atoms with Crippen molar-refractivity contribution in [3.05, 3.63) is 7.05 Å². The molecule has 0 heterocycles. The van der Waals surface area contributed by atoms with Gasteiger partial charge < -0.3 is 4.99 Å². The van der Waals surface area contributed by atoms with Crippen LogP contribution in [0.25, 0.3) is 0 Å². The Kier molecular flexibility index (Phi) is 24.7. The molecule has 0 saturated heterocycles. The third-order valence-corrected chi connectivity index (χ3v) is 0. The average molecular weight is 49.0 g/mol. The number of hydrogen-bond acceptors (Lipinski definition) is 1. The van der Waals surface area contributed by atoms with E-state index in [-0.39, 0.29) is 18.9 Å². The molecule has 0 aromatic heterocycles. The fourth-order valence-corrected chi connectivity index (χ4v) is 0. The fourth-order valence-electron chi connectivity index (χ4n) is 0. The summed E-state index contributed by atoms with van der Waals surface area (Å²) in [5.74, 6) is 0. The fraction of sp³-hybridized carbons (Fsp3) is 0. The van der Waals surface area contributed by atoms with Crippen LogP contribution in [0.1, 0.15) is 0 Å². The zero-order chi connectivity index (χ0) is 2.71. The summed E-state index contributed by atoms with van der Waals surface area (Å²) in [4.78, 5) is 3.00. The quantitative estimate of drug-likeness (QED) is 0.163. The second-order valence-corrected chi connectivity index (χ2v) is 0.224. The number of aliphatic imine (C=N–C) groups is 1. The van der Waals surface area contributed by atoms with Gasteiger partial charge in [-0.1, -0.05) is 0 Å². The summed E-state index contributed by atoms with van der Waals surface area (Å²) in [6.07, 6.45) is 0. The monoisotopic (exact) mass is 49.1 g/mol. The van der Waals surface area contributed by atoms with Crippen LogP contribution < -0.4 is 18.9 Å². The van der Waals surface area contributed by atoms with Crippen molar-refractivity contribution in [2.45, 2.75) is 0 Å². The normalized spacial score (nSPS) is 3.00. The molecule has 2 heteroatoms. The van der Waals surface area contributed by atoms with Crippen molar-refractivity contribution in [2.24, 2.45) is 4.99 Å². The minimum Gasteiger partial charge on any atom is -0.464 e. The van der Waals surface area contributed by atoms with Gasteiger partial charge in [-0.3, -0.25) is 0 Å². The summed E-state index contributed by atoms with van der Waals surface area (Å²) in [6.45, 7) is 3.00. The van der Waals surface area contributed by atoms with Gasteiger partial charge in [0.05, 0.1) is 0 Å². The minimum absolute atomic E-state index is 0. The number of rotatable bonds is 0. The van der Waals surface area contributed by atoms with Crippen LogP contribution in [0.2, 0.25) is 0 Å². The Balaban J connectivity index is 0. The maximum Gasteiger partial charge on any atom is 1.00 e. The van der Waals surface area contributed by atoms with Crippen LogP contribution in [0.15, 0.2) is 4.99 Å². The first-order valence-corrected chi connectivity index (χ1v) is 0.632. The average Bonchev–Trinajstić information content (AvgIpc) is 0.918. The van der Waals surface area contributed by atoms with E-state index in [4.69, 9.17) is 0 Å². The summed E-state index contributed by atoms with van der Waals surface area (Å²) in [6, 6.07) is 0. The van der Waals surface area contributed by atoms with Crippen molar-refractivity contribution in [3.8, 4) is 0 Å². The Morgan fingerprint density at radius 3 is 1.75 bits per heavy atom. The van der Waals surface area contributed by atoms with Gasteiger partial charge in [0.2, 0.25) is 0 Å². The Labute approximate surface area is 38.3 Å². The van der Waals surface area contributed by atoms with Gasteiger partial charge in [-0.15, -0.1) is 0 Å². The molecule has 0 aromatic rings. The smallest absolute Gasteiger partial charge is 0.464 e. The van der Waals surface area contributed by atoms with Crippen LogP contribution >= 0.6 is 0 Å². The van der Waals surface area contributed by atoms with Crippen molar-refractivity contribution in [1.29, 1.82) is 0 Å². The molecule has 0 radical (unpaired) electrons. The van der Waals surface area contributed by atoms with E-state index in [2.05, 4.69) is 18.8 Å². The molecule has 0 N–H and O–H groups in total. The molecule has 0 atom stereocenters. The summed E-state index contributed by atoms with van der Waals surface area (Å²) in [5, 5.41) is 0. The first-order valence-electron chi connectivity index (χ1n) is 0.632. The van der Waals surface area contributed by atoms with Crippen LogP contribution in [0, 0.1) is 7.05 Å². The molecule has 0 spiro atoms. The van der Waals surface area contributed by atoms with Crippen LogP contribution in [0.3, 0.4) is 0 Å². The van der Waals surface area contributed by atoms with Gasteiger partial charge in [0.25, 0.3) is 0 Å². The number of hydrogen-bond donors (Lipinski definition) is 0. The third-order valence-electron chi connectivity index (χ3n) is 0. The second-order valence-electron chi connectivity index (χ2n) is 0.224. The molecule has 1 nitrogen and oxygen atoms in total. The molecule has 0 rings (SSSR count). The zero-order valence-corrected chi connectivity index (χ0v) is 2.86. The van der Waals surface area contributed by atoms with Crippen LogP contribution in [-0.4, -0.2) is 6.72 Å². The van der Waals surface area contributed by atoms with E-state index in [1.807, 2.05) is 0 Å². The molecule has 18 valence electrons. The predicted molar refractivity (Wildman–Crippen MR) is 14.9 cm³/mol. The zero-order valence-electron chi connectivity index (χ0n) is 2.86. The SMILES string of the molecule is C=N[CH2-].[Li+]. The Morgan fingerprint density at radius 1 is 1.75 bits per heavy atom. The molecule has 0 aliphatic carbocycles. The first kappa shape index (κ1) is 8.91. The van der Waals surface area contributed by atoms with Gasteiger partial charge in [0.1, 0.15) is 0 Å². The maximum atomic E-state index is 3.00. The number of nitrogens with zero attached hydrogens (tertiary/aromatic N) is 1. The van der Waals surface area contributed by atoms with Gasteiger partial charge in [-0.2, -0.15) is 13.8 Å².